The molecule has 4 aliphatic heterocycles. The van der Waals surface area contributed by atoms with Crippen LogP contribution >= 0.6 is 0 Å². The Balaban J connectivity index is 1.40. The monoisotopic (exact) mass is 290 g/mol. The maximum absolute atomic E-state index is 12.3. The molecule has 2 atom stereocenters. The largest absolute Gasteiger partial charge is 0.485 e. The first-order chi connectivity index (χ1) is 10.3. The second-order valence-corrected chi connectivity index (χ2v) is 6.13. The van der Waals surface area contributed by atoms with Gasteiger partial charge in [0.1, 0.15) is 13.2 Å². The highest BCUT2D eigenvalue weighted by Gasteiger charge is 2.41. The minimum atomic E-state index is -0.648. The molecule has 0 aliphatic carbocycles. The van der Waals surface area contributed by atoms with E-state index in [4.69, 9.17) is 14.2 Å². The van der Waals surface area contributed by atoms with E-state index in [9.17, 15) is 4.79 Å². The molecule has 5 nitrogen and oxygen atoms in total. The van der Waals surface area contributed by atoms with E-state index in [0.717, 1.165) is 19.4 Å². The zero-order chi connectivity index (χ0) is 14.2. The fourth-order valence-corrected chi connectivity index (χ4v) is 3.57. The standard InChI is InChI=1S/C16H19NO4/c18-16(21-14-9-17-7-5-11(14)6-8-17)15-10-19-12-3-1-2-4-13(12)20-15/h1-4,11,14-15H,5-10H2/p+1/t14-,15+/m0/s1. The van der Waals surface area contributed by atoms with Crippen LogP contribution in [0.25, 0.3) is 0 Å². The van der Waals surface area contributed by atoms with Crippen molar-refractivity contribution >= 4 is 5.97 Å². The number of benzene rings is 1. The molecule has 5 heteroatoms. The number of hydrogen-bond acceptors (Lipinski definition) is 4. The third-order valence-electron chi connectivity index (χ3n) is 4.79. The molecular weight excluding hydrogens is 270 g/mol. The number of hydrogen-bond donors (Lipinski definition) is 1. The second kappa shape index (κ2) is 5.22. The van der Waals surface area contributed by atoms with E-state index in [2.05, 4.69) is 0 Å². The summed E-state index contributed by atoms with van der Waals surface area (Å²) in [7, 11) is 0. The molecule has 3 fully saturated rings. The van der Waals surface area contributed by atoms with Gasteiger partial charge in [-0.2, -0.15) is 0 Å². The van der Waals surface area contributed by atoms with Gasteiger partial charge in [-0.3, -0.25) is 0 Å². The summed E-state index contributed by atoms with van der Waals surface area (Å²) in [6.45, 7) is 3.61. The van der Waals surface area contributed by atoms with Gasteiger partial charge in [-0.1, -0.05) is 12.1 Å². The number of nitrogens with one attached hydrogen (secondary N) is 1. The van der Waals surface area contributed by atoms with Crippen molar-refractivity contribution in [3.05, 3.63) is 24.3 Å². The van der Waals surface area contributed by atoms with Crippen LogP contribution in [-0.4, -0.2) is 44.4 Å². The first-order valence-corrected chi connectivity index (χ1v) is 7.72. The summed E-state index contributed by atoms with van der Waals surface area (Å²) in [5, 5.41) is 0. The molecule has 4 aliphatic rings. The van der Waals surface area contributed by atoms with Gasteiger partial charge in [-0.25, -0.2) is 4.79 Å². The maximum atomic E-state index is 12.3. The van der Waals surface area contributed by atoms with Crippen LogP contribution in [0.1, 0.15) is 12.8 Å². The van der Waals surface area contributed by atoms with Gasteiger partial charge in [-0.15, -0.1) is 0 Å². The molecule has 1 aromatic carbocycles. The lowest BCUT2D eigenvalue weighted by atomic mass is 9.86. The number of quaternary nitrogens is 1. The Kier molecular flexibility index (Phi) is 3.22. The molecule has 3 saturated heterocycles. The number of carbonyl (C=O) groups is 1. The number of carbonyl (C=O) groups excluding carboxylic acids is 1. The van der Waals surface area contributed by atoms with E-state index >= 15 is 0 Å². The van der Waals surface area contributed by atoms with Gasteiger partial charge in [0, 0.05) is 18.8 Å². The quantitative estimate of drug-likeness (QED) is 0.782. The SMILES string of the molecule is O=C(O[C@H]1C[NH+]2CCC1CC2)[C@H]1COc2ccccc2O1. The minimum Gasteiger partial charge on any atom is -0.485 e. The number of fused-ring (bicyclic) bond motifs is 4. The fourth-order valence-electron chi connectivity index (χ4n) is 3.57. The van der Waals surface area contributed by atoms with Gasteiger partial charge in [0.2, 0.25) is 6.10 Å². The Hall–Kier alpha value is -1.75. The summed E-state index contributed by atoms with van der Waals surface area (Å²) in [6, 6.07) is 7.41. The van der Waals surface area contributed by atoms with E-state index in [1.165, 1.54) is 13.1 Å². The molecule has 0 amide bonds. The molecule has 2 bridgehead atoms. The fraction of sp³-hybridized carbons (Fsp3) is 0.562. The predicted octanol–water partition coefficient (Wildman–Crippen LogP) is 0.0467. The van der Waals surface area contributed by atoms with Gasteiger partial charge in [0.15, 0.2) is 17.6 Å². The normalized spacial score (nSPS) is 33.5. The zero-order valence-corrected chi connectivity index (χ0v) is 11.9. The third kappa shape index (κ3) is 2.46. The van der Waals surface area contributed by atoms with Crippen molar-refractivity contribution in [2.75, 3.05) is 26.2 Å². The second-order valence-electron chi connectivity index (χ2n) is 6.13. The average Bonchev–Trinajstić information content (AvgIpc) is 2.55. The number of piperidine rings is 3. The highest BCUT2D eigenvalue weighted by atomic mass is 16.6. The number of rotatable bonds is 2. The van der Waals surface area contributed by atoms with Gasteiger partial charge >= 0.3 is 5.97 Å². The van der Waals surface area contributed by atoms with Crippen LogP contribution < -0.4 is 14.4 Å². The van der Waals surface area contributed by atoms with E-state index in [0.29, 0.717) is 17.4 Å². The molecule has 0 radical (unpaired) electrons. The molecule has 1 aromatic rings. The van der Waals surface area contributed by atoms with Crippen LogP contribution in [0.2, 0.25) is 0 Å². The van der Waals surface area contributed by atoms with Crippen molar-refractivity contribution in [2.24, 2.45) is 5.92 Å². The van der Waals surface area contributed by atoms with Crippen molar-refractivity contribution in [3.8, 4) is 11.5 Å². The maximum Gasteiger partial charge on any atom is 0.351 e. The Morgan fingerprint density at radius 3 is 2.67 bits per heavy atom. The van der Waals surface area contributed by atoms with Crippen molar-refractivity contribution in [2.45, 2.75) is 25.0 Å². The number of ether oxygens (including phenoxy) is 3. The lowest BCUT2D eigenvalue weighted by Crippen LogP contribution is -3.16. The van der Waals surface area contributed by atoms with Crippen LogP contribution in [0.3, 0.4) is 0 Å². The van der Waals surface area contributed by atoms with Crippen LogP contribution in [-0.2, 0) is 9.53 Å². The Morgan fingerprint density at radius 2 is 1.95 bits per heavy atom. The molecule has 21 heavy (non-hydrogen) atoms. The average molecular weight is 290 g/mol. The smallest absolute Gasteiger partial charge is 0.351 e. The predicted molar refractivity (Wildman–Crippen MR) is 74.5 cm³/mol. The van der Waals surface area contributed by atoms with Crippen LogP contribution in [0.5, 0.6) is 11.5 Å². The summed E-state index contributed by atoms with van der Waals surface area (Å²) in [4.78, 5) is 13.9. The molecule has 1 N–H and O–H groups in total. The van der Waals surface area contributed by atoms with Crippen LogP contribution in [0.15, 0.2) is 24.3 Å². The lowest BCUT2D eigenvalue weighted by Gasteiger charge is -2.41. The molecule has 0 saturated carbocycles. The summed E-state index contributed by atoms with van der Waals surface area (Å²) in [5.41, 5.74) is 0. The highest BCUT2D eigenvalue weighted by molar-refractivity contribution is 5.76. The Bertz CT molecular complexity index is 539. The summed E-state index contributed by atoms with van der Waals surface area (Å²) in [5.74, 6) is 1.55. The number of esters is 1. The van der Waals surface area contributed by atoms with Crippen molar-refractivity contribution in [3.63, 3.8) is 0 Å². The van der Waals surface area contributed by atoms with E-state index in [1.807, 2.05) is 24.3 Å². The van der Waals surface area contributed by atoms with E-state index < -0.39 is 6.10 Å². The molecule has 5 rings (SSSR count). The third-order valence-corrected chi connectivity index (χ3v) is 4.79. The summed E-state index contributed by atoms with van der Waals surface area (Å²) in [6.07, 6.45) is 1.73. The van der Waals surface area contributed by atoms with E-state index in [-0.39, 0.29) is 18.7 Å². The Morgan fingerprint density at radius 1 is 1.19 bits per heavy atom. The van der Waals surface area contributed by atoms with Gasteiger partial charge < -0.3 is 19.1 Å². The van der Waals surface area contributed by atoms with Gasteiger partial charge in [0.05, 0.1) is 13.1 Å². The molecule has 112 valence electrons. The molecule has 0 spiro atoms. The van der Waals surface area contributed by atoms with Crippen LogP contribution in [0, 0.1) is 5.92 Å². The summed E-state index contributed by atoms with van der Waals surface area (Å²) >= 11 is 0. The molecular formula is C16H20NO4+. The Labute approximate surface area is 123 Å². The number of para-hydroxylation sites is 2. The molecule has 0 aromatic heterocycles. The van der Waals surface area contributed by atoms with Crippen molar-refractivity contribution < 1.29 is 23.9 Å². The molecule has 0 unspecified atom stereocenters. The van der Waals surface area contributed by atoms with E-state index in [1.54, 1.807) is 4.90 Å². The van der Waals surface area contributed by atoms with Gasteiger partial charge in [0.25, 0.3) is 0 Å². The van der Waals surface area contributed by atoms with Gasteiger partial charge in [-0.05, 0) is 12.1 Å². The van der Waals surface area contributed by atoms with Crippen molar-refractivity contribution in [1.29, 1.82) is 0 Å². The molecule has 4 heterocycles. The summed E-state index contributed by atoms with van der Waals surface area (Å²) < 4.78 is 17.0. The first-order valence-electron chi connectivity index (χ1n) is 7.72. The highest BCUT2D eigenvalue weighted by Crippen LogP contribution is 2.31. The van der Waals surface area contributed by atoms with Crippen LogP contribution in [0.4, 0.5) is 0 Å². The first kappa shape index (κ1) is 13.0. The van der Waals surface area contributed by atoms with Crippen molar-refractivity contribution in [1.82, 2.24) is 0 Å². The lowest BCUT2D eigenvalue weighted by molar-refractivity contribution is -0.920. The minimum absolute atomic E-state index is 0.0516. The topological polar surface area (TPSA) is 49.2 Å². The zero-order valence-electron chi connectivity index (χ0n) is 11.9.